The minimum atomic E-state index is -0.900. The molecule has 0 aliphatic rings. The summed E-state index contributed by atoms with van der Waals surface area (Å²) < 4.78 is 1.02. The molecule has 0 amide bonds. The van der Waals surface area contributed by atoms with Gasteiger partial charge in [0.25, 0.3) is 0 Å². The van der Waals surface area contributed by atoms with Crippen LogP contribution >= 0.6 is 22.6 Å². The van der Waals surface area contributed by atoms with Gasteiger partial charge in [0, 0.05) is 3.57 Å². The van der Waals surface area contributed by atoms with Gasteiger partial charge in [0.2, 0.25) is 0 Å². The predicted octanol–water partition coefficient (Wildman–Crippen LogP) is 2.35. The summed E-state index contributed by atoms with van der Waals surface area (Å²) in [5, 5.41) is 17.7. The van der Waals surface area contributed by atoms with E-state index in [1.165, 1.54) is 0 Å². The third-order valence-corrected chi connectivity index (χ3v) is 3.19. The maximum absolute atomic E-state index is 10.7. The Hall–Kier alpha value is -1.09. The lowest BCUT2D eigenvalue weighted by Crippen LogP contribution is -2.07. The summed E-state index contributed by atoms with van der Waals surface area (Å²) in [6.07, 6.45) is 0.666. The van der Waals surface area contributed by atoms with E-state index in [0.717, 1.165) is 15.6 Å². The molecule has 0 aliphatic carbocycles. The van der Waals surface area contributed by atoms with E-state index in [4.69, 9.17) is 10.4 Å². The molecule has 1 aromatic carbocycles. The Kier molecular flexibility index (Phi) is 4.09. The van der Waals surface area contributed by atoms with Gasteiger partial charge in [-0.2, -0.15) is 5.26 Å². The van der Waals surface area contributed by atoms with Crippen molar-refractivity contribution in [2.45, 2.75) is 19.8 Å². The van der Waals surface area contributed by atoms with E-state index < -0.39 is 5.97 Å². The third kappa shape index (κ3) is 2.69. The quantitative estimate of drug-likeness (QED) is 0.871. The van der Waals surface area contributed by atoms with Crippen LogP contribution in [0.4, 0.5) is 0 Å². The van der Waals surface area contributed by atoms with Crippen LogP contribution in [0.1, 0.15) is 23.6 Å². The number of hydrogen-bond donors (Lipinski definition) is 1. The Morgan fingerprint density at radius 2 is 2.20 bits per heavy atom. The van der Waals surface area contributed by atoms with E-state index in [9.17, 15) is 4.79 Å². The molecule has 0 aliphatic heterocycles. The summed E-state index contributed by atoms with van der Waals surface area (Å²) in [5.74, 6) is -0.900. The fourth-order valence-corrected chi connectivity index (χ4v) is 2.39. The van der Waals surface area contributed by atoms with Crippen LogP contribution in [0.25, 0.3) is 0 Å². The lowest BCUT2D eigenvalue weighted by Gasteiger charge is -2.09. The molecule has 1 aromatic rings. The van der Waals surface area contributed by atoms with Crippen molar-refractivity contribution in [3.8, 4) is 6.07 Å². The molecule has 0 spiro atoms. The second kappa shape index (κ2) is 5.12. The van der Waals surface area contributed by atoms with Gasteiger partial charge in [0.05, 0.1) is 18.1 Å². The van der Waals surface area contributed by atoms with Crippen LogP contribution in [0.3, 0.4) is 0 Å². The molecule has 0 saturated carbocycles. The zero-order chi connectivity index (χ0) is 11.4. The van der Waals surface area contributed by atoms with Gasteiger partial charge in [0.1, 0.15) is 0 Å². The molecular weight excluding hydrogens is 305 g/mol. The summed E-state index contributed by atoms with van der Waals surface area (Å²) in [6.45, 7) is 1.96. The first-order valence-electron chi connectivity index (χ1n) is 4.52. The Morgan fingerprint density at radius 1 is 1.53 bits per heavy atom. The average molecular weight is 315 g/mol. The summed E-state index contributed by atoms with van der Waals surface area (Å²) >= 11 is 2.16. The smallest absolute Gasteiger partial charge is 0.307 e. The number of carboxylic acids is 1. The summed E-state index contributed by atoms with van der Waals surface area (Å²) in [7, 11) is 0. The van der Waals surface area contributed by atoms with Crippen molar-refractivity contribution < 1.29 is 9.90 Å². The van der Waals surface area contributed by atoms with Crippen molar-refractivity contribution in [1.29, 1.82) is 5.26 Å². The molecule has 0 bridgehead atoms. The van der Waals surface area contributed by atoms with Gasteiger partial charge in [-0.05, 0) is 52.3 Å². The maximum Gasteiger partial charge on any atom is 0.307 e. The van der Waals surface area contributed by atoms with Gasteiger partial charge in [-0.25, -0.2) is 0 Å². The van der Waals surface area contributed by atoms with Gasteiger partial charge in [-0.3, -0.25) is 4.79 Å². The molecule has 0 radical (unpaired) electrons. The highest BCUT2D eigenvalue weighted by Gasteiger charge is 2.13. The van der Waals surface area contributed by atoms with Gasteiger partial charge < -0.3 is 5.11 Å². The molecule has 0 saturated heterocycles. The van der Waals surface area contributed by atoms with Crippen molar-refractivity contribution >= 4 is 28.6 Å². The topological polar surface area (TPSA) is 61.1 Å². The van der Waals surface area contributed by atoms with Crippen molar-refractivity contribution in [2.75, 3.05) is 0 Å². The molecule has 78 valence electrons. The van der Waals surface area contributed by atoms with E-state index in [1.807, 2.05) is 19.1 Å². The minimum Gasteiger partial charge on any atom is -0.481 e. The Balaban J connectivity index is 3.35. The van der Waals surface area contributed by atoms with E-state index in [1.54, 1.807) is 6.07 Å². The first-order valence-corrected chi connectivity index (χ1v) is 5.60. The van der Waals surface area contributed by atoms with Crippen LogP contribution in [-0.2, 0) is 17.6 Å². The zero-order valence-corrected chi connectivity index (χ0v) is 10.4. The first kappa shape index (κ1) is 12.0. The Bertz CT molecular complexity index is 435. The Morgan fingerprint density at radius 3 is 2.67 bits per heavy atom. The number of hydrogen-bond acceptors (Lipinski definition) is 2. The van der Waals surface area contributed by atoms with E-state index in [0.29, 0.717) is 11.1 Å². The summed E-state index contributed by atoms with van der Waals surface area (Å²) in [5.41, 5.74) is 2.09. The fourth-order valence-electron chi connectivity index (χ4n) is 1.50. The standard InChI is InChI=1S/C11H10INO2/c1-2-8-9(5-11(14)15)7(6-13)3-4-10(8)12/h3-4H,2,5H2,1H3,(H,14,15). The summed E-state index contributed by atoms with van der Waals surface area (Å²) in [4.78, 5) is 10.7. The van der Waals surface area contributed by atoms with Crippen LogP contribution in [-0.4, -0.2) is 11.1 Å². The monoisotopic (exact) mass is 315 g/mol. The van der Waals surface area contributed by atoms with Crippen molar-refractivity contribution in [2.24, 2.45) is 0 Å². The van der Waals surface area contributed by atoms with Crippen molar-refractivity contribution in [3.63, 3.8) is 0 Å². The third-order valence-electron chi connectivity index (χ3n) is 2.18. The number of carbonyl (C=O) groups is 1. The van der Waals surface area contributed by atoms with Crippen LogP contribution in [0.2, 0.25) is 0 Å². The number of aliphatic carboxylic acids is 1. The molecule has 1 rings (SSSR count). The van der Waals surface area contributed by atoms with E-state index in [-0.39, 0.29) is 6.42 Å². The SMILES string of the molecule is CCc1c(I)ccc(C#N)c1CC(=O)O. The largest absolute Gasteiger partial charge is 0.481 e. The second-order valence-electron chi connectivity index (χ2n) is 3.09. The van der Waals surface area contributed by atoms with Gasteiger partial charge in [0.15, 0.2) is 0 Å². The highest BCUT2D eigenvalue weighted by atomic mass is 127. The maximum atomic E-state index is 10.7. The number of rotatable bonds is 3. The molecule has 0 atom stereocenters. The highest BCUT2D eigenvalue weighted by Crippen LogP contribution is 2.22. The van der Waals surface area contributed by atoms with Crippen LogP contribution in [0.15, 0.2) is 12.1 Å². The lowest BCUT2D eigenvalue weighted by atomic mass is 9.97. The molecule has 0 fully saturated rings. The highest BCUT2D eigenvalue weighted by molar-refractivity contribution is 14.1. The van der Waals surface area contributed by atoms with Gasteiger partial charge in [-0.1, -0.05) is 6.92 Å². The Labute approximate surface area is 102 Å². The molecule has 0 unspecified atom stereocenters. The number of nitrogens with zero attached hydrogens (tertiary/aromatic N) is 1. The fraction of sp³-hybridized carbons (Fsp3) is 0.273. The van der Waals surface area contributed by atoms with Crippen LogP contribution in [0, 0.1) is 14.9 Å². The molecule has 0 aromatic heterocycles. The molecule has 15 heavy (non-hydrogen) atoms. The van der Waals surface area contributed by atoms with Crippen LogP contribution < -0.4 is 0 Å². The second-order valence-corrected chi connectivity index (χ2v) is 4.25. The normalized spacial score (nSPS) is 9.67. The van der Waals surface area contributed by atoms with Gasteiger partial charge in [-0.15, -0.1) is 0 Å². The van der Waals surface area contributed by atoms with Crippen molar-refractivity contribution in [3.05, 3.63) is 32.4 Å². The predicted molar refractivity (Wildman–Crippen MR) is 64.6 cm³/mol. The van der Waals surface area contributed by atoms with E-state index in [2.05, 4.69) is 22.6 Å². The van der Waals surface area contributed by atoms with Crippen molar-refractivity contribution in [1.82, 2.24) is 0 Å². The molecule has 3 nitrogen and oxygen atoms in total. The van der Waals surface area contributed by atoms with Gasteiger partial charge >= 0.3 is 5.97 Å². The lowest BCUT2D eigenvalue weighted by molar-refractivity contribution is -0.136. The van der Waals surface area contributed by atoms with E-state index >= 15 is 0 Å². The number of carboxylic acid groups (broad SMARTS) is 1. The average Bonchev–Trinajstić information content (AvgIpc) is 2.18. The molecule has 0 heterocycles. The number of benzene rings is 1. The molecule has 4 heteroatoms. The molecular formula is C11H10INO2. The minimum absolute atomic E-state index is 0.0804. The molecule has 1 N–H and O–H groups in total. The van der Waals surface area contributed by atoms with Crippen LogP contribution in [0.5, 0.6) is 0 Å². The summed E-state index contributed by atoms with van der Waals surface area (Å²) in [6, 6.07) is 5.57. The number of halogens is 1. The first-order chi connectivity index (χ1) is 7.10. The number of nitriles is 1. The zero-order valence-electron chi connectivity index (χ0n) is 8.25.